The van der Waals surface area contributed by atoms with E-state index in [1.54, 1.807) is 24.3 Å². The van der Waals surface area contributed by atoms with Crippen LogP contribution in [-0.2, 0) is 9.59 Å². The second-order valence-corrected chi connectivity index (χ2v) is 5.32. The molecule has 2 atom stereocenters. The van der Waals surface area contributed by atoms with Crippen LogP contribution in [0.4, 0.5) is 0 Å². The van der Waals surface area contributed by atoms with E-state index in [4.69, 9.17) is 16.7 Å². The van der Waals surface area contributed by atoms with Crippen molar-refractivity contribution in [3.8, 4) is 0 Å². The van der Waals surface area contributed by atoms with Gasteiger partial charge in [0.25, 0.3) is 0 Å². The molecule has 1 aliphatic rings. The molecule has 0 bridgehead atoms. The average Bonchev–Trinajstić information content (AvgIpc) is 2.85. The minimum atomic E-state index is -0.841. The lowest BCUT2D eigenvalue weighted by Crippen LogP contribution is -2.39. The van der Waals surface area contributed by atoms with Gasteiger partial charge in [-0.2, -0.15) is 0 Å². The summed E-state index contributed by atoms with van der Waals surface area (Å²) in [5, 5.41) is 12.4. The molecule has 0 spiro atoms. The maximum Gasteiger partial charge on any atom is 0.308 e. The zero-order chi connectivity index (χ0) is 14.5. The molecule has 2 N–H and O–H groups in total. The number of benzene rings is 1. The zero-order valence-electron chi connectivity index (χ0n) is 10.9. The molecule has 2 unspecified atom stereocenters. The Morgan fingerprint density at radius 1 is 1.35 bits per heavy atom. The number of carbonyl (C=O) groups excluding carboxylic acids is 1. The van der Waals surface area contributed by atoms with Crippen molar-refractivity contribution >= 4 is 29.6 Å². The standard InChI is InChI=1S/C15H16ClNO3/c16-11-4-1-3-10(9-11)7-8-14(18)17-13-6-2-5-12(13)15(19)20/h1,3-4,7-9,12-13H,2,5-6H2,(H,17,18)(H,19,20). The molecule has 1 fully saturated rings. The fourth-order valence-corrected chi connectivity index (χ4v) is 2.64. The molecule has 4 nitrogen and oxygen atoms in total. The summed E-state index contributed by atoms with van der Waals surface area (Å²) in [6.07, 6.45) is 5.24. The number of carboxylic acids is 1. The average molecular weight is 294 g/mol. The summed E-state index contributed by atoms with van der Waals surface area (Å²) in [4.78, 5) is 22.8. The van der Waals surface area contributed by atoms with Gasteiger partial charge in [-0.15, -0.1) is 0 Å². The minimum Gasteiger partial charge on any atom is -0.481 e. The Balaban J connectivity index is 1.94. The predicted octanol–water partition coefficient (Wildman–Crippen LogP) is 2.72. The van der Waals surface area contributed by atoms with E-state index in [1.807, 2.05) is 6.07 Å². The molecule has 5 heteroatoms. The molecule has 0 heterocycles. The van der Waals surface area contributed by atoms with E-state index in [0.717, 1.165) is 12.0 Å². The van der Waals surface area contributed by atoms with Crippen LogP contribution in [0.15, 0.2) is 30.3 Å². The third-order valence-corrected chi connectivity index (χ3v) is 3.67. The third kappa shape index (κ3) is 3.84. The maximum absolute atomic E-state index is 11.8. The maximum atomic E-state index is 11.8. The number of nitrogens with one attached hydrogen (secondary N) is 1. The Bertz CT molecular complexity index is 542. The van der Waals surface area contributed by atoms with E-state index >= 15 is 0 Å². The molecule has 0 radical (unpaired) electrons. The normalized spacial score (nSPS) is 22.1. The number of aliphatic carboxylic acids is 1. The Hall–Kier alpha value is -1.81. The van der Waals surface area contributed by atoms with E-state index in [1.165, 1.54) is 6.08 Å². The summed E-state index contributed by atoms with van der Waals surface area (Å²) in [7, 11) is 0. The van der Waals surface area contributed by atoms with Crippen LogP contribution in [0.25, 0.3) is 6.08 Å². The molecule has 106 valence electrons. The zero-order valence-corrected chi connectivity index (χ0v) is 11.6. The molecule has 1 aromatic rings. The van der Waals surface area contributed by atoms with E-state index in [2.05, 4.69) is 5.32 Å². The highest BCUT2D eigenvalue weighted by Crippen LogP contribution is 2.25. The van der Waals surface area contributed by atoms with Gasteiger partial charge in [0, 0.05) is 17.1 Å². The van der Waals surface area contributed by atoms with Crippen molar-refractivity contribution in [2.24, 2.45) is 5.92 Å². The number of halogens is 1. The number of hydrogen-bond donors (Lipinski definition) is 2. The predicted molar refractivity (Wildman–Crippen MR) is 77.4 cm³/mol. The fourth-order valence-electron chi connectivity index (χ4n) is 2.44. The van der Waals surface area contributed by atoms with Gasteiger partial charge < -0.3 is 10.4 Å². The summed E-state index contributed by atoms with van der Waals surface area (Å²) in [5.74, 6) is -1.59. The number of carbonyl (C=O) groups is 2. The SMILES string of the molecule is O=C(C=Cc1cccc(Cl)c1)NC1CCCC1C(=O)O. The summed E-state index contributed by atoms with van der Waals surface area (Å²) in [5.41, 5.74) is 0.828. The van der Waals surface area contributed by atoms with E-state index < -0.39 is 11.9 Å². The molecule has 1 aromatic carbocycles. The van der Waals surface area contributed by atoms with Crippen LogP contribution >= 0.6 is 11.6 Å². The third-order valence-electron chi connectivity index (χ3n) is 3.44. The lowest BCUT2D eigenvalue weighted by Gasteiger charge is -2.16. The van der Waals surface area contributed by atoms with Gasteiger partial charge in [-0.05, 0) is 36.6 Å². The summed E-state index contributed by atoms with van der Waals surface area (Å²) in [6, 6.07) is 6.88. The van der Waals surface area contributed by atoms with Crippen LogP contribution in [0.3, 0.4) is 0 Å². The summed E-state index contributed by atoms with van der Waals surface area (Å²) >= 11 is 5.85. The first-order valence-corrected chi connectivity index (χ1v) is 6.91. The number of rotatable bonds is 4. The van der Waals surface area contributed by atoms with E-state index in [0.29, 0.717) is 17.9 Å². The van der Waals surface area contributed by atoms with Crippen LogP contribution < -0.4 is 5.32 Å². The topological polar surface area (TPSA) is 66.4 Å². The first-order valence-electron chi connectivity index (χ1n) is 6.53. The van der Waals surface area contributed by atoms with Crippen molar-refractivity contribution in [2.75, 3.05) is 0 Å². The molecule has 1 saturated carbocycles. The lowest BCUT2D eigenvalue weighted by atomic mass is 10.0. The molecule has 2 rings (SSSR count). The van der Waals surface area contributed by atoms with Crippen molar-refractivity contribution in [1.82, 2.24) is 5.32 Å². The van der Waals surface area contributed by atoms with Gasteiger partial charge in [0.05, 0.1) is 5.92 Å². The largest absolute Gasteiger partial charge is 0.481 e. The molecule has 0 aliphatic heterocycles. The highest BCUT2D eigenvalue weighted by Gasteiger charge is 2.33. The molecule has 0 saturated heterocycles. The van der Waals surface area contributed by atoms with Gasteiger partial charge in [-0.3, -0.25) is 9.59 Å². The minimum absolute atomic E-state index is 0.274. The van der Waals surface area contributed by atoms with Gasteiger partial charge in [0.2, 0.25) is 5.91 Å². The molecule has 1 amide bonds. The van der Waals surface area contributed by atoms with Crippen LogP contribution in [0, 0.1) is 5.92 Å². The van der Waals surface area contributed by atoms with Gasteiger partial charge in [0.1, 0.15) is 0 Å². The summed E-state index contributed by atoms with van der Waals surface area (Å²) < 4.78 is 0. The van der Waals surface area contributed by atoms with Crippen molar-refractivity contribution in [3.05, 3.63) is 40.9 Å². The van der Waals surface area contributed by atoms with Gasteiger partial charge in [-0.25, -0.2) is 0 Å². The number of carboxylic acid groups (broad SMARTS) is 1. The van der Waals surface area contributed by atoms with Gasteiger partial charge in [-0.1, -0.05) is 30.2 Å². The second-order valence-electron chi connectivity index (χ2n) is 4.88. The fraction of sp³-hybridized carbons (Fsp3) is 0.333. The van der Waals surface area contributed by atoms with Crippen molar-refractivity contribution in [1.29, 1.82) is 0 Å². The number of amides is 1. The van der Waals surface area contributed by atoms with E-state index in [-0.39, 0.29) is 11.9 Å². The molecular weight excluding hydrogens is 278 g/mol. The first-order chi connectivity index (χ1) is 9.56. The summed E-state index contributed by atoms with van der Waals surface area (Å²) in [6.45, 7) is 0. The van der Waals surface area contributed by atoms with Gasteiger partial charge in [0.15, 0.2) is 0 Å². The van der Waals surface area contributed by atoms with Crippen molar-refractivity contribution < 1.29 is 14.7 Å². The Morgan fingerprint density at radius 3 is 2.85 bits per heavy atom. The molecule has 1 aliphatic carbocycles. The first kappa shape index (κ1) is 14.6. The molecule has 20 heavy (non-hydrogen) atoms. The molecular formula is C15H16ClNO3. The molecule has 0 aromatic heterocycles. The highest BCUT2D eigenvalue weighted by atomic mass is 35.5. The second kappa shape index (κ2) is 6.57. The van der Waals surface area contributed by atoms with Crippen molar-refractivity contribution in [3.63, 3.8) is 0 Å². The monoisotopic (exact) mass is 293 g/mol. The Kier molecular flexibility index (Phi) is 4.79. The smallest absolute Gasteiger partial charge is 0.308 e. The quantitative estimate of drug-likeness (QED) is 0.839. The highest BCUT2D eigenvalue weighted by molar-refractivity contribution is 6.30. The van der Waals surface area contributed by atoms with Gasteiger partial charge >= 0.3 is 5.97 Å². The lowest BCUT2D eigenvalue weighted by molar-refractivity contribution is -0.142. The van der Waals surface area contributed by atoms with Crippen LogP contribution in [0.1, 0.15) is 24.8 Å². The van der Waals surface area contributed by atoms with E-state index in [9.17, 15) is 9.59 Å². The van der Waals surface area contributed by atoms with Crippen LogP contribution in [-0.4, -0.2) is 23.0 Å². The van der Waals surface area contributed by atoms with Crippen LogP contribution in [0.5, 0.6) is 0 Å². The Labute approximate surface area is 122 Å². The number of hydrogen-bond acceptors (Lipinski definition) is 2. The van der Waals surface area contributed by atoms with Crippen molar-refractivity contribution in [2.45, 2.75) is 25.3 Å². The van der Waals surface area contributed by atoms with Crippen LogP contribution in [0.2, 0.25) is 5.02 Å². The Morgan fingerprint density at radius 2 is 2.15 bits per heavy atom.